The van der Waals surface area contributed by atoms with Crippen molar-refractivity contribution in [1.82, 2.24) is 4.90 Å². The molecule has 1 saturated heterocycles. The fourth-order valence-electron chi connectivity index (χ4n) is 5.11. The van der Waals surface area contributed by atoms with Crippen molar-refractivity contribution in [1.29, 1.82) is 0 Å². The van der Waals surface area contributed by atoms with Crippen LogP contribution in [0.2, 0.25) is 0 Å². The Morgan fingerprint density at radius 2 is 1.62 bits per heavy atom. The molecule has 4 rings (SSSR count). The number of carbonyl (C=O) groups is 2. The average Bonchev–Trinajstić information content (AvgIpc) is 3.23. The SMILES string of the molecule is NC1C2CCC(C2)C1C(=O)N1CCC(C(=O)c2ccccc2)CC1. The van der Waals surface area contributed by atoms with Crippen molar-refractivity contribution in [3.8, 4) is 0 Å². The maximum Gasteiger partial charge on any atom is 0.227 e. The average molecular weight is 326 g/mol. The van der Waals surface area contributed by atoms with Gasteiger partial charge in [0.15, 0.2) is 5.78 Å². The Hall–Kier alpha value is -1.68. The molecule has 0 aromatic heterocycles. The molecule has 4 heteroatoms. The maximum absolute atomic E-state index is 12.9. The van der Waals surface area contributed by atoms with Crippen molar-refractivity contribution < 1.29 is 9.59 Å². The monoisotopic (exact) mass is 326 g/mol. The third-order valence-electron chi connectivity index (χ3n) is 6.50. The number of rotatable bonds is 3. The summed E-state index contributed by atoms with van der Waals surface area (Å²) in [7, 11) is 0. The van der Waals surface area contributed by atoms with Gasteiger partial charge in [-0.1, -0.05) is 30.3 Å². The molecule has 4 nitrogen and oxygen atoms in total. The number of nitrogens with two attached hydrogens (primary N) is 1. The lowest BCUT2D eigenvalue weighted by Gasteiger charge is -2.36. The Labute approximate surface area is 143 Å². The highest BCUT2D eigenvalue weighted by Crippen LogP contribution is 2.48. The van der Waals surface area contributed by atoms with Gasteiger partial charge in [0.1, 0.15) is 0 Å². The van der Waals surface area contributed by atoms with Gasteiger partial charge in [0, 0.05) is 30.6 Å². The maximum atomic E-state index is 12.9. The Bertz CT molecular complexity index is 620. The van der Waals surface area contributed by atoms with Crippen LogP contribution in [0.4, 0.5) is 0 Å². The van der Waals surface area contributed by atoms with Crippen molar-refractivity contribution in [2.24, 2.45) is 29.4 Å². The molecule has 2 saturated carbocycles. The molecule has 1 aromatic rings. The molecular weight excluding hydrogens is 300 g/mol. The summed E-state index contributed by atoms with van der Waals surface area (Å²) in [6.45, 7) is 1.39. The first-order valence-corrected chi connectivity index (χ1v) is 9.29. The number of hydrogen-bond acceptors (Lipinski definition) is 3. The quantitative estimate of drug-likeness (QED) is 0.868. The second-order valence-corrected chi connectivity index (χ2v) is 7.77. The van der Waals surface area contributed by atoms with Crippen LogP contribution < -0.4 is 5.73 Å². The molecule has 1 aromatic carbocycles. The van der Waals surface area contributed by atoms with Crippen molar-refractivity contribution >= 4 is 11.7 Å². The van der Waals surface area contributed by atoms with Crippen molar-refractivity contribution in [3.63, 3.8) is 0 Å². The molecular formula is C20H26N2O2. The molecule has 4 unspecified atom stereocenters. The number of ketones is 1. The highest BCUT2D eigenvalue weighted by Gasteiger charge is 2.50. The minimum absolute atomic E-state index is 0.0325. The molecule has 2 aliphatic carbocycles. The van der Waals surface area contributed by atoms with E-state index in [4.69, 9.17) is 5.73 Å². The fourth-order valence-corrected chi connectivity index (χ4v) is 5.11. The molecule has 2 bridgehead atoms. The summed E-state index contributed by atoms with van der Waals surface area (Å²) >= 11 is 0. The van der Waals surface area contributed by atoms with E-state index in [9.17, 15) is 9.59 Å². The molecule has 24 heavy (non-hydrogen) atoms. The van der Waals surface area contributed by atoms with E-state index in [-0.39, 0.29) is 29.6 Å². The van der Waals surface area contributed by atoms with Crippen LogP contribution in [0.25, 0.3) is 0 Å². The zero-order chi connectivity index (χ0) is 16.7. The molecule has 1 amide bonds. The molecule has 1 heterocycles. The van der Waals surface area contributed by atoms with E-state index in [1.807, 2.05) is 35.2 Å². The van der Waals surface area contributed by atoms with E-state index in [0.717, 1.165) is 31.2 Å². The van der Waals surface area contributed by atoms with E-state index in [0.29, 0.717) is 24.9 Å². The summed E-state index contributed by atoms with van der Waals surface area (Å²) in [6.07, 6.45) is 5.05. The number of carbonyl (C=O) groups excluding carboxylic acids is 2. The number of amides is 1. The molecule has 3 fully saturated rings. The van der Waals surface area contributed by atoms with Crippen molar-refractivity contribution in [3.05, 3.63) is 35.9 Å². The molecule has 1 aliphatic heterocycles. The van der Waals surface area contributed by atoms with Crippen LogP contribution in [0.1, 0.15) is 42.5 Å². The molecule has 128 valence electrons. The molecule has 4 atom stereocenters. The van der Waals surface area contributed by atoms with E-state index in [1.165, 1.54) is 6.42 Å². The second kappa shape index (κ2) is 6.32. The van der Waals surface area contributed by atoms with Gasteiger partial charge >= 0.3 is 0 Å². The molecule has 0 spiro atoms. The number of piperidine rings is 1. The van der Waals surface area contributed by atoms with Crippen LogP contribution >= 0.6 is 0 Å². The van der Waals surface area contributed by atoms with Gasteiger partial charge in [-0.3, -0.25) is 9.59 Å². The number of fused-ring (bicyclic) bond motifs is 2. The minimum Gasteiger partial charge on any atom is -0.342 e. The molecule has 0 radical (unpaired) electrons. The van der Waals surface area contributed by atoms with Gasteiger partial charge in [0.25, 0.3) is 0 Å². The van der Waals surface area contributed by atoms with Gasteiger partial charge in [-0.25, -0.2) is 0 Å². The van der Waals surface area contributed by atoms with Gasteiger partial charge in [0.2, 0.25) is 5.91 Å². The normalized spacial score (nSPS) is 33.0. The Morgan fingerprint density at radius 1 is 0.958 bits per heavy atom. The highest BCUT2D eigenvalue weighted by atomic mass is 16.2. The Kier molecular flexibility index (Phi) is 4.17. The topological polar surface area (TPSA) is 63.4 Å². The predicted octanol–water partition coefficient (Wildman–Crippen LogP) is 2.48. The van der Waals surface area contributed by atoms with E-state index >= 15 is 0 Å². The Balaban J connectivity index is 1.36. The first kappa shape index (κ1) is 15.8. The van der Waals surface area contributed by atoms with Crippen LogP contribution in [0.15, 0.2) is 30.3 Å². The van der Waals surface area contributed by atoms with Crippen molar-refractivity contribution in [2.75, 3.05) is 13.1 Å². The number of benzene rings is 1. The van der Waals surface area contributed by atoms with E-state index in [1.54, 1.807) is 0 Å². The zero-order valence-electron chi connectivity index (χ0n) is 14.1. The summed E-state index contributed by atoms with van der Waals surface area (Å²) in [5.41, 5.74) is 7.11. The lowest BCUT2D eigenvalue weighted by molar-refractivity contribution is -0.139. The molecule has 3 aliphatic rings. The van der Waals surface area contributed by atoms with Gasteiger partial charge in [-0.15, -0.1) is 0 Å². The summed E-state index contributed by atoms with van der Waals surface area (Å²) in [6, 6.07) is 9.56. The van der Waals surface area contributed by atoms with E-state index < -0.39 is 0 Å². The summed E-state index contributed by atoms with van der Waals surface area (Å²) in [4.78, 5) is 27.4. The van der Waals surface area contributed by atoms with Crippen LogP contribution in [-0.4, -0.2) is 35.7 Å². The first-order valence-electron chi connectivity index (χ1n) is 9.29. The number of nitrogens with zero attached hydrogens (tertiary/aromatic N) is 1. The molecule has 2 N–H and O–H groups in total. The summed E-state index contributed by atoms with van der Waals surface area (Å²) < 4.78 is 0. The van der Waals surface area contributed by atoms with Crippen LogP contribution in [0, 0.1) is 23.7 Å². The summed E-state index contributed by atoms with van der Waals surface area (Å²) in [5, 5.41) is 0. The van der Waals surface area contributed by atoms with Crippen LogP contribution in [0.3, 0.4) is 0 Å². The largest absolute Gasteiger partial charge is 0.342 e. The zero-order valence-corrected chi connectivity index (χ0v) is 14.1. The second-order valence-electron chi connectivity index (χ2n) is 7.77. The first-order chi connectivity index (χ1) is 11.6. The van der Waals surface area contributed by atoms with E-state index in [2.05, 4.69) is 0 Å². The standard InChI is InChI=1S/C20H26N2O2/c21-18-16-7-6-15(12-16)17(18)20(24)22-10-8-14(9-11-22)19(23)13-4-2-1-3-5-13/h1-5,14-18H,6-12,21H2. The lowest BCUT2D eigenvalue weighted by atomic mass is 9.82. The van der Waals surface area contributed by atoms with Gasteiger partial charge in [-0.05, 0) is 43.9 Å². The van der Waals surface area contributed by atoms with Crippen molar-refractivity contribution in [2.45, 2.75) is 38.1 Å². The number of hydrogen-bond donors (Lipinski definition) is 1. The van der Waals surface area contributed by atoms with Crippen LogP contribution in [0.5, 0.6) is 0 Å². The third kappa shape index (κ3) is 2.67. The Morgan fingerprint density at radius 3 is 2.25 bits per heavy atom. The predicted molar refractivity (Wildman–Crippen MR) is 92.4 cm³/mol. The van der Waals surface area contributed by atoms with Gasteiger partial charge in [0.05, 0.1) is 5.92 Å². The summed E-state index contributed by atoms with van der Waals surface area (Å²) in [5.74, 6) is 1.61. The van der Waals surface area contributed by atoms with Gasteiger partial charge < -0.3 is 10.6 Å². The van der Waals surface area contributed by atoms with Crippen LogP contribution in [-0.2, 0) is 4.79 Å². The highest BCUT2D eigenvalue weighted by molar-refractivity contribution is 5.98. The smallest absolute Gasteiger partial charge is 0.227 e. The number of likely N-dealkylation sites (tertiary alicyclic amines) is 1. The minimum atomic E-state index is 0.0325. The van der Waals surface area contributed by atoms with Gasteiger partial charge in [-0.2, -0.15) is 0 Å². The lowest BCUT2D eigenvalue weighted by Crippen LogP contribution is -2.49. The third-order valence-corrected chi connectivity index (χ3v) is 6.50. The number of Topliss-reactive ketones (excluding diaryl/α,β-unsaturated/α-hetero) is 1. The fraction of sp³-hybridized carbons (Fsp3) is 0.600.